The zero-order valence-corrected chi connectivity index (χ0v) is 15.1. The minimum Gasteiger partial charge on any atom is -0.324 e. The zero-order chi connectivity index (χ0) is 15.1. The molecule has 0 aromatic carbocycles. The molecule has 20 heavy (non-hydrogen) atoms. The highest BCUT2D eigenvalue weighted by Gasteiger charge is 2.25. The first-order valence-electron chi connectivity index (χ1n) is 9.59. The standard InChI is InChI=1S/C19H42N/c1-5-9-13-17-20(16-12-8-4,18-14-10-6-2)19-15-11-7-3/h5-19H2,1-4H3/q+1. The summed E-state index contributed by atoms with van der Waals surface area (Å²) in [4.78, 5) is 0. The Morgan fingerprint density at radius 2 is 0.700 bits per heavy atom. The van der Waals surface area contributed by atoms with Crippen LogP contribution in [0, 0.1) is 0 Å². The maximum atomic E-state index is 2.35. The second-order valence-corrected chi connectivity index (χ2v) is 6.71. The maximum absolute atomic E-state index is 2.35. The van der Waals surface area contributed by atoms with E-state index in [2.05, 4.69) is 27.7 Å². The van der Waals surface area contributed by atoms with E-state index in [1.165, 1.54) is 101 Å². The predicted molar refractivity (Wildman–Crippen MR) is 93.2 cm³/mol. The van der Waals surface area contributed by atoms with Crippen LogP contribution in [0.2, 0.25) is 0 Å². The summed E-state index contributed by atoms with van der Waals surface area (Å²) in [7, 11) is 0. The Kier molecular flexibility index (Phi) is 13.9. The monoisotopic (exact) mass is 284 g/mol. The van der Waals surface area contributed by atoms with Gasteiger partial charge in [-0.25, -0.2) is 0 Å². The molecule has 0 saturated heterocycles. The lowest BCUT2D eigenvalue weighted by Crippen LogP contribution is -2.50. The second-order valence-electron chi connectivity index (χ2n) is 6.71. The van der Waals surface area contributed by atoms with Crippen LogP contribution in [0.5, 0.6) is 0 Å². The van der Waals surface area contributed by atoms with E-state index in [1.54, 1.807) is 0 Å². The third-order valence-corrected chi connectivity index (χ3v) is 4.69. The SMILES string of the molecule is CCCCC[N+](CCCC)(CCCCC)CCCCC. The fraction of sp³-hybridized carbons (Fsp3) is 1.00. The van der Waals surface area contributed by atoms with E-state index in [9.17, 15) is 0 Å². The fourth-order valence-corrected chi connectivity index (χ4v) is 3.26. The largest absolute Gasteiger partial charge is 0.324 e. The van der Waals surface area contributed by atoms with Crippen LogP contribution in [-0.2, 0) is 0 Å². The number of nitrogens with zero attached hydrogens (tertiary/aromatic N) is 1. The first kappa shape index (κ1) is 20.0. The van der Waals surface area contributed by atoms with Gasteiger partial charge in [0.25, 0.3) is 0 Å². The summed E-state index contributed by atoms with van der Waals surface area (Å²) in [5.74, 6) is 0. The van der Waals surface area contributed by atoms with Gasteiger partial charge in [-0.2, -0.15) is 0 Å². The first-order valence-corrected chi connectivity index (χ1v) is 9.59. The molecule has 0 radical (unpaired) electrons. The van der Waals surface area contributed by atoms with E-state index >= 15 is 0 Å². The highest BCUT2D eigenvalue weighted by molar-refractivity contribution is 4.51. The molecule has 0 heterocycles. The Hall–Kier alpha value is -0.0400. The molecule has 0 N–H and O–H groups in total. The van der Waals surface area contributed by atoms with Gasteiger partial charge in [0.2, 0.25) is 0 Å². The molecule has 0 saturated carbocycles. The van der Waals surface area contributed by atoms with Crippen LogP contribution in [0.4, 0.5) is 0 Å². The topological polar surface area (TPSA) is 0 Å². The Balaban J connectivity index is 4.48. The molecular formula is C19H42N+. The summed E-state index contributed by atoms with van der Waals surface area (Å²) in [6, 6.07) is 0. The molecule has 0 aromatic rings. The van der Waals surface area contributed by atoms with Gasteiger partial charge in [0.1, 0.15) is 0 Å². The number of rotatable bonds is 15. The van der Waals surface area contributed by atoms with Gasteiger partial charge >= 0.3 is 0 Å². The van der Waals surface area contributed by atoms with Crippen LogP contribution in [0.1, 0.15) is 98.3 Å². The molecule has 0 aliphatic heterocycles. The van der Waals surface area contributed by atoms with Crippen molar-refractivity contribution < 1.29 is 4.48 Å². The van der Waals surface area contributed by atoms with Crippen molar-refractivity contribution in [3.8, 4) is 0 Å². The average Bonchev–Trinajstić information content (AvgIpc) is 2.46. The summed E-state index contributed by atoms with van der Waals surface area (Å²) in [6.45, 7) is 15.1. The fourth-order valence-electron chi connectivity index (χ4n) is 3.26. The van der Waals surface area contributed by atoms with Crippen molar-refractivity contribution >= 4 is 0 Å². The van der Waals surface area contributed by atoms with Gasteiger partial charge in [0.15, 0.2) is 0 Å². The molecule has 0 amide bonds. The van der Waals surface area contributed by atoms with Gasteiger partial charge < -0.3 is 4.48 Å². The third kappa shape index (κ3) is 9.80. The maximum Gasteiger partial charge on any atom is 0.0786 e. The Labute approximate surface area is 129 Å². The van der Waals surface area contributed by atoms with Gasteiger partial charge in [-0.1, -0.05) is 53.4 Å². The van der Waals surface area contributed by atoms with Gasteiger partial charge in [-0.15, -0.1) is 0 Å². The lowest BCUT2D eigenvalue weighted by molar-refractivity contribution is -0.929. The van der Waals surface area contributed by atoms with Crippen LogP contribution in [-0.4, -0.2) is 30.7 Å². The molecule has 0 unspecified atom stereocenters. The van der Waals surface area contributed by atoms with Crippen molar-refractivity contribution in [1.29, 1.82) is 0 Å². The Morgan fingerprint density at radius 3 is 1.00 bits per heavy atom. The second kappa shape index (κ2) is 13.9. The zero-order valence-electron chi connectivity index (χ0n) is 15.1. The van der Waals surface area contributed by atoms with Crippen molar-refractivity contribution in [2.24, 2.45) is 0 Å². The average molecular weight is 285 g/mol. The molecule has 0 rings (SSSR count). The van der Waals surface area contributed by atoms with E-state index in [1.807, 2.05) is 0 Å². The van der Waals surface area contributed by atoms with Gasteiger partial charge in [0.05, 0.1) is 26.2 Å². The van der Waals surface area contributed by atoms with Crippen LogP contribution in [0.15, 0.2) is 0 Å². The Bertz CT molecular complexity index is 162. The molecule has 0 spiro atoms. The molecule has 0 aliphatic rings. The van der Waals surface area contributed by atoms with Crippen molar-refractivity contribution in [3.05, 3.63) is 0 Å². The highest BCUT2D eigenvalue weighted by atomic mass is 15.3. The van der Waals surface area contributed by atoms with Crippen LogP contribution in [0.3, 0.4) is 0 Å². The number of unbranched alkanes of at least 4 members (excludes halogenated alkanes) is 7. The molecule has 0 aliphatic carbocycles. The van der Waals surface area contributed by atoms with Crippen molar-refractivity contribution in [2.45, 2.75) is 98.3 Å². The molecular weight excluding hydrogens is 242 g/mol. The number of hydrogen-bond acceptors (Lipinski definition) is 0. The van der Waals surface area contributed by atoms with E-state index in [0.717, 1.165) is 0 Å². The van der Waals surface area contributed by atoms with E-state index < -0.39 is 0 Å². The molecule has 0 aromatic heterocycles. The smallest absolute Gasteiger partial charge is 0.0786 e. The highest BCUT2D eigenvalue weighted by Crippen LogP contribution is 2.17. The van der Waals surface area contributed by atoms with Gasteiger partial charge in [0, 0.05) is 0 Å². The van der Waals surface area contributed by atoms with E-state index in [0.29, 0.717) is 0 Å². The minimum absolute atomic E-state index is 1.36. The van der Waals surface area contributed by atoms with Crippen molar-refractivity contribution in [3.63, 3.8) is 0 Å². The quantitative estimate of drug-likeness (QED) is 0.249. The lowest BCUT2D eigenvalue weighted by atomic mass is 10.1. The summed E-state index contributed by atoms with van der Waals surface area (Å²) in [5, 5.41) is 0. The summed E-state index contributed by atoms with van der Waals surface area (Å²) >= 11 is 0. The first-order chi connectivity index (χ1) is 9.74. The third-order valence-electron chi connectivity index (χ3n) is 4.69. The molecule has 1 nitrogen and oxygen atoms in total. The normalized spacial score (nSPS) is 12.0. The molecule has 0 fully saturated rings. The lowest BCUT2D eigenvalue weighted by Gasteiger charge is -2.39. The van der Waals surface area contributed by atoms with Crippen LogP contribution in [0.25, 0.3) is 0 Å². The van der Waals surface area contributed by atoms with Gasteiger partial charge in [-0.05, 0) is 44.9 Å². The van der Waals surface area contributed by atoms with E-state index in [-0.39, 0.29) is 0 Å². The van der Waals surface area contributed by atoms with E-state index in [4.69, 9.17) is 0 Å². The number of hydrogen-bond donors (Lipinski definition) is 0. The Morgan fingerprint density at radius 1 is 0.400 bits per heavy atom. The molecule has 0 bridgehead atoms. The molecule has 0 atom stereocenters. The summed E-state index contributed by atoms with van der Waals surface area (Å²) in [5.41, 5.74) is 0. The summed E-state index contributed by atoms with van der Waals surface area (Å²) < 4.78 is 1.44. The molecule has 122 valence electrons. The molecule has 1 heteroatoms. The minimum atomic E-state index is 1.36. The predicted octanol–water partition coefficient (Wildman–Crippen LogP) is 6.17. The van der Waals surface area contributed by atoms with Crippen molar-refractivity contribution in [1.82, 2.24) is 0 Å². The van der Waals surface area contributed by atoms with Crippen molar-refractivity contribution in [2.75, 3.05) is 26.2 Å². The van der Waals surface area contributed by atoms with Gasteiger partial charge in [-0.3, -0.25) is 0 Å². The summed E-state index contributed by atoms with van der Waals surface area (Å²) in [6.07, 6.45) is 15.5. The van der Waals surface area contributed by atoms with Crippen LogP contribution < -0.4 is 0 Å². The number of quaternary nitrogens is 1. The van der Waals surface area contributed by atoms with Crippen LogP contribution >= 0.6 is 0 Å².